The van der Waals surface area contributed by atoms with Crippen molar-refractivity contribution in [2.75, 3.05) is 18.6 Å². The van der Waals surface area contributed by atoms with Gasteiger partial charge in [-0.25, -0.2) is 12.8 Å². The molecule has 0 fully saturated rings. The fraction of sp³-hybridized carbons (Fsp3) is 0.364. The Morgan fingerprint density at radius 1 is 1.47 bits per heavy atom. The van der Waals surface area contributed by atoms with Crippen LogP contribution in [0.25, 0.3) is 0 Å². The number of nitriles is 1. The van der Waals surface area contributed by atoms with Crippen molar-refractivity contribution < 1.29 is 12.8 Å². The Morgan fingerprint density at radius 2 is 2.18 bits per heavy atom. The summed E-state index contributed by atoms with van der Waals surface area (Å²) in [5.41, 5.74) is 0.916. The molecule has 0 aliphatic heterocycles. The minimum atomic E-state index is -3.00. The molecule has 4 nitrogen and oxygen atoms in total. The van der Waals surface area contributed by atoms with Gasteiger partial charge in [0.15, 0.2) is 0 Å². The Labute approximate surface area is 100.0 Å². The second-order valence-corrected chi connectivity index (χ2v) is 5.98. The summed E-state index contributed by atoms with van der Waals surface area (Å²) in [6, 6.07) is 5.85. The first-order valence-corrected chi connectivity index (χ1v) is 7.05. The van der Waals surface area contributed by atoms with Gasteiger partial charge in [-0.2, -0.15) is 5.26 Å². The van der Waals surface area contributed by atoms with Crippen LogP contribution < -0.4 is 5.32 Å². The van der Waals surface area contributed by atoms with Crippen molar-refractivity contribution in [1.82, 2.24) is 5.32 Å². The largest absolute Gasteiger partial charge is 0.312 e. The molecule has 6 heteroatoms. The monoisotopic (exact) mass is 256 g/mol. The first-order valence-electron chi connectivity index (χ1n) is 4.99. The summed E-state index contributed by atoms with van der Waals surface area (Å²) in [7, 11) is -3.00. The molecule has 0 unspecified atom stereocenters. The van der Waals surface area contributed by atoms with E-state index in [4.69, 9.17) is 5.26 Å². The van der Waals surface area contributed by atoms with E-state index in [0.717, 1.165) is 6.26 Å². The molecular formula is C11H13FN2O2S. The summed E-state index contributed by atoms with van der Waals surface area (Å²) in [5.74, 6) is -0.395. The molecule has 1 aromatic carbocycles. The lowest BCUT2D eigenvalue weighted by molar-refractivity contribution is 0.595. The number of nitrogens with one attached hydrogen (secondary N) is 1. The third kappa shape index (κ3) is 4.93. The number of benzene rings is 1. The molecule has 0 radical (unpaired) electrons. The van der Waals surface area contributed by atoms with Crippen molar-refractivity contribution in [2.45, 2.75) is 6.54 Å². The number of hydrogen-bond acceptors (Lipinski definition) is 4. The molecule has 0 bridgehead atoms. The van der Waals surface area contributed by atoms with E-state index >= 15 is 0 Å². The first kappa shape index (κ1) is 13.6. The second-order valence-electron chi connectivity index (χ2n) is 3.72. The van der Waals surface area contributed by atoms with Crippen LogP contribution in [-0.4, -0.2) is 27.0 Å². The standard InChI is InChI=1S/C11H13FN2O2S/c1-17(15,16)5-4-14-8-10-6-11(12)3-2-9(10)7-13/h2-3,6,14H,4-5,8H2,1H3. The van der Waals surface area contributed by atoms with Gasteiger partial charge in [0.05, 0.1) is 17.4 Å². The Balaban J connectivity index is 2.58. The molecule has 0 saturated heterocycles. The quantitative estimate of drug-likeness (QED) is 0.792. The van der Waals surface area contributed by atoms with Crippen molar-refractivity contribution in [3.8, 4) is 6.07 Å². The molecule has 0 aromatic heterocycles. The summed E-state index contributed by atoms with van der Waals surface area (Å²) in [6.07, 6.45) is 1.15. The van der Waals surface area contributed by atoms with Crippen LogP contribution in [0.2, 0.25) is 0 Å². The Hall–Kier alpha value is -1.45. The van der Waals surface area contributed by atoms with Gasteiger partial charge in [-0.1, -0.05) is 0 Å². The smallest absolute Gasteiger partial charge is 0.148 e. The minimum absolute atomic E-state index is 0.0181. The van der Waals surface area contributed by atoms with E-state index in [-0.39, 0.29) is 18.8 Å². The molecular weight excluding hydrogens is 243 g/mol. The number of hydrogen-bond donors (Lipinski definition) is 1. The lowest BCUT2D eigenvalue weighted by Crippen LogP contribution is -2.22. The van der Waals surface area contributed by atoms with E-state index in [1.54, 1.807) is 0 Å². The molecule has 0 atom stereocenters. The fourth-order valence-corrected chi connectivity index (χ4v) is 1.81. The number of halogens is 1. The van der Waals surface area contributed by atoms with Gasteiger partial charge in [-0.05, 0) is 23.8 Å². The molecule has 0 spiro atoms. The van der Waals surface area contributed by atoms with Crippen LogP contribution in [0, 0.1) is 17.1 Å². The predicted octanol–water partition coefficient (Wildman–Crippen LogP) is 0.832. The van der Waals surface area contributed by atoms with Crippen molar-refractivity contribution in [3.05, 3.63) is 35.1 Å². The molecule has 0 aliphatic carbocycles. The molecule has 92 valence electrons. The Kier molecular flexibility index (Phi) is 4.61. The summed E-state index contributed by atoms with van der Waals surface area (Å²) >= 11 is 0. The van der Waals surface area contributed by atoms with Crippen molar-refractivity contribution in [3.63, 3.8) is 0 Å². The van der Waals surface area contributed by atoms with Crippen molar-refractivity contribution in [2.24, 2.45) is 0 Å². The Bertz CT molecular complexity index is 535. The highest BCUT2D eigenvalue weighted by Crippen LogP contribution is 2.09. The van der Waals surface area contributed by atoms with Gasteiger partial charge in [-0.15, -0.1) is 0 Å². The molecule has 1 rings (SSSR count). The average Bonchev–Trinajstić information content (AvgIpc) is 2.23. The number of rotatable bonds is 5. The summed E-state index contributed by atoms with van der Waals surface area (Å²) in [5, 5.41) is 11.7. The van der Waals surface area contributed by atoms with Crippen LogP contribution in [0.5, 0.6) is 0 Å². The predicted molar refractivity (Wildman–Crippen MR) is 62.5 cm³/mol. The number of sulfone groups is 1. The van der Waals surface area contributed by atoms with Crippen LogP contribution in [0.4, 0.5) is 4.39 Å². The normalized spacial score (nSPS) is 11.1. The highest BCUT2D eigenvalue weighted by atomic mass is 32.2. The fourth-order valence-electron chi connectivity index (χ4n) is 1.30. The maximum atomic E-state index is 12.9. The third-order valence-electron chi connectivity index (χ3n) is 2.15. The summed E-state index contributed by atoms with van der Waals surface area (Å²) in [6.45, 7) is 0.552. The molecule has 0 aliphatic rings. The van der Waals surface area contributed by atoms with E-state index < -0.39 is 15.7 Å². The summed E-state index contributed by atoms with van der Waals surface area (Å²) in [4.78, 5) is 0. The average molecular weight is 256 g/mol. The van der Waals surface area contributed by atoms with Crippen molar-refractivity contribution >= 4 is 9.84 Å². The van der Waals surface area contributed by atoms with Gasteiger partial charge in [0.1, 0.15) is 15.7 Å². The molecule has 0 amide bonds. The zero-order valence-corrected chi connectivity index (χ0v) is 10.2. The second kappa shape index (κ2) is 5.75. The molecule has 1 N–H and O–H groups in total. The van der Waals surface area contributed by atoms with Gasteiger partial charge >= 0.3 is 0 Å². The zero-order valence-electron chi connectivity index (χ0n) is 9.40. The van der Waals surface area contributed by atoms with Crippen LogP contribution in [0.15, 0.2) is 18.2 Å². The molecule has 1 aromatic rings. The lowest BCUT2D eigenvalue weighted by atomic mass is 10.1. The maximum absolute atomic E-state index is 12.9. The van der Waals surface area contributed by atoms with Crippen molar-refractivity contribution in [1.29, 1.82) is 5.26 Å². The van der Waals surface area contributed by atoms with E-state index in [9.17, 15) is 12.8 Å². The number of nitrogens with zero attached hydrogens (tertiary/aromatic N) is 1. The van der Waals surface area contributed by atoms with E-state index in [1.807, 2.05) is 6.07 Å². The van der Waals surface area contributed by atoms with Crippen LogP contribution in [0.3, 0.4) is 0 Å². The SMILES string of the molecule is CS(=O)(=O)CCNCc1cc(F)ccc1C#N. The molecule has 0 saturated carbocycles. The van der Waals surface area contributed by atoms with Gasteiger partial charge < -0.3 is 5.32 Å². The topological polar surface area (TPSA) is 70.0 Å². The molecule has 17 heavy (non-hydrogen) atoms. The highest BCUT2D eigenvalue weighted by molar-refractivity contribution is 7.90. The van der Waals surface area contributed by atoms with E-state index in [2.05, 4.69) is 5.32 Å². The molecule has 0 heterocycles. The van der Waals surface area contributed by atoms with Gasteiger partial charge in [0.25, 0.3) is 0 Å². The summed E-state index contributed by atoms with van der Waals surface area (Å²) < 4.78 is 34.7. The van der Waals surface area contributed by atoms with E-state index in [0.29, 0.717) is 11.1 Å². The van der Waals surface area contributed by atoms with Gasteiger partial charge in [0.2, 0.25) is 0 Å². The minimum Gasteiger partial charge on any atom is -0.312 e. The first-order chi connectivity index (χ1) is 7.92. The maximum Gasteiger partial charge on any atom is 0.148 e. The van der Waals surface area contributed by atoms with Crippen LogP contribution >= 0.6 is 0 Å². The van der Waals surface area contributed by atoms with Crippen LogP contribution in [-0.2, 0) is 16.4 Å². The highest BCUT2D eigenvalue weighted by Gasteiger charge is 2.05. The zero-order chi connectivity index (χ0) is 12.9. The van der Waals surface area contributed by atoms with E-state index in [1.165, 1.54) is 18.2 Å². The third-order valence-corrected chi connectivity index (χ3v) is 3.10. The van der Waals surface area contributed by atoms with Gasteiger partial charge in [-0.3, -0.25) is 0 Å². The van der Waals surface area contributed by atoms with Gasteiger partial charge in [0, 0.05) is 19.3 Å². The van der Waals surface area contributed by atoms with Crippen LogP contribution in [0.1, 0.15) is 11.1 Å². The Morgan fingerprint density at radius 3 is 2.76 bits per heavy atom. The lowest BCUT2D eigenvalue weighted by Gasteiger charge is -2.06.